The minimum Gasteiger partial charge on any atom is -0.468 e. The molecule has 18 heavy (non-hydrogen) atoms. The highest BCUT2D eigenvalue weighted by Crippen LogP contribution is 2.23. The number of methoxy groups -OCH3 is 1. The molecule has 0 radical (unpaired) electrons. The summed E-state index contributed by atoms with van der Waals surface area (Å²) in [5.41, 5.74) is 0.764. The van der Waals surface area contributed by atoms with E-state index in [4.69, 9.17) is 0 Å². The second kappa shape index (κ2) is 5.18. The van der Waals surface area contributed by atoms with E-state index in [-0.39, 0.29) is 24.0 Å². The first kappa shape index (κ1) is 12.6. The number of benzene rings is 1. The lowest BCUT2D eigenvalue weighted by Gasteiger charge is -2.11. The van der Waals surface area contributed by atoms with E-state index in [2.05, 4.69) is 10.1 Å². The molecular weight excluding hydrogens is 232 g/mol. The number of carbonyl (C=O) groups is 2. The molecule has 0 aliphatic carbocycles. The second-order valence-electron chi connectivity index (χ2n) is 4.27. The third-order valence-electron chi connectivity index (χ3n) is 3.03. The van der Waals surface area contributed by atoms with Gasteiger partial charge in [0.2, 0.25) is 5.91 Å². The number of esters is 1. The lowest BCUT2D eigenvalue weighted by molar-refractivity contribution is -0.144. The Kier molecular flexibility index (Phi) is 3.62. The SMILES string of the molecule is COC(=O)[C@H](C)N1C[C@@H]1C(=O)Nc1ccccc1. The Hall–Kier alpha value is -1.88. The summed E-state index contributed by atoms with van der Waals surface area (Å²) in [5.74, 6) is -0.401. The maximum Gasteiger partial charge on any atom is 0.322 e. The van der Waals surface area contributed by atoms with Gasteiger partial charge >= 0.3 is 5.97 Å². The van der Waals surface area contributed by atoms with Crippen LogP contribution in [0.15, 0.2) is 30.3 Å². The minimum atomic E-state index is -0.374. The third kappa shape index (κ3) is 2.68. The van der Waals surface area contributed by atoms with Crippen molar-refractivity contribution in [2.24, 2.45) is 0 Å². The molecule has 5 heteroatoms. The Labute approximate surface area is 106 Å². The van der Waals surface area contributed by atoms with E-state index in [1.165, 1.54) is 7.11 Å². The predicted molar refractivity (Wildman–Crippen MR) is 67.0 cm³/mol. The van der Waals surface area contributed by atoms with Gasteiger partial charge in [0.1, 0.15) is 12.1 Å². The van der Waals surface area contributed by atoms with Gasteiger partial charge in [-0.25, -0.2) is 0 Å². The molecule has 96 valence electrons. The molecule has 1 aliphatic rings. The Morgan fingerprint density at radius 2 is 2.06 bits per heavy atom. The van der Waals surface area contributed by atoms with Crippen LogP contribution in [0.1, 0.15) is 6.92 Å². The minimum absolute atomic E-state index is 0.0862. The molecule has 1 aliphatic heterocycles. The summed E-state index contributed by atoms with van der Waals surface area (Å²) >= 11 is 0. The highest BCUT2D eigenvalue weighted by molar-refractivity contribution is 5.97. The number of hydrogen-bond acceptors (Lipinski definition) is 4. The van der Waals surface area contributed by atoms with Gasteiger partial charge in [-0.1, -0.05) is 18.2 Å². The van der Waals surface area contributed by atoms with Crippen molar-refractivity contribution in [1.29, 1.82) is 0 Å². The summed E-state index contributed by atoms with van der Waals surface area (Å²) in [6, 6.07) is 8.65. The van der Waals surface area contributed by atoms with Crippen molar-refractivity contribution in [3.63, 3.8) is 0 Å². The van der Waals surface area contributed by atoms with Gasteiger partial charge in [-0.3, -0.25) is 14.5 Å². The molecule has 1 N–H and O–H groups in total. The number of anilines is 1. The fraction of sp³-hybridized carbons (Fsp3) is 0.385. The molecule has 1 amide bonds. The highest BCUT2D eigenvalue weighted by Gasteiger charge is 2.45. The van der Waals surface area contributed by atoms with E-state index in [0.717, 1.165) is 5.69 Å². The molecule has 1 heterocycles. The molecule has 3 atom stereocenters. The molecule has 0 aromatic heterocycles. The number of nitrogens with one attached hydrogen (secondary N) is 1. The van der Waals surface area contributed by atoms with E-state index in [9.17, 15) is 9.59 Å². The van der Waals surface area contributed by atoms with Crippen molar-refractivity contribution in [2.75, 3.05) is 19.0 Å². The molecular formula is C13H16N2O3. The number of hydrogen-bond donors (Lipinski definition) is 1. The van der Waals surface area contributed by atoms with Crippen molar-refractivity contribution in [1.82, 2.24) is 4.90 Å². The molecule has 0 spiro atoms. The Balaban J connectivity index is 1.88. The van der Waals surface area contributed by atoms with Crippen LogP contribution in [0.2, 0.25) is 0 Å². The summed E-state index contributed by atoms with van der Waals surface area (Å²) in [6.07, 6.45) is 0. The third-order valence-corrected chi connectivity index (χ3v) is 3.03. The average molecular weight is 248 g/mol. The van der Waals surface area contributed by atoms with Crippen LogP contribution in [0.3, 0.4) is 0 Å². The van der Waals surface area contributed by atoms with Gasteiger partial charge in [-0.2, -0.15) is 0 Å². The molecule has 0 bridgehead atoms. The van der Waals surface area contributed by atoms with Crippen LogP contribution < -0.4 is 5.32 Å². The van der Waals surface area contributed by atoms with E-state index in [1.807, 2.05) is 30.3 Å². The molecule has 2 rings (SSSR count). The first-order chi connectivity index (χ1) is 8.63. The van der Waals surface area contributed by atoms with Crippen LogP contribution in [0.25, 0.3) is 0 Å². The first-order valence-electron chi connectivity index (χ1n) is 5.83. The number of ether oxygens (including phenoxy) is 1. The topological polar surface area (TPSA) is 58.4 Å². The molecule has 5 nitrogen and oxygen atoms in total. The van der Waals surface area contributed by atoms with Crippen LogP contribution in [-0.4, -0.2) is 42.5 Å². The Morgan fingerprint density at radius 1 is 1.39 bits per heavy atom. The van der Waals surface area contributed by atoms with E-state index < -0.39 is 0 Å². The molecule has 1 fully saturated rings. The van der Waals surface area contributed by atoms with Crippen LogP contribution in [0.5, 0.6) is 0 Å². The summed E-state index contributed by atoms with van der Waals surface area (Å²) < 4.78 is 4.65. The van der Waals surface area contributed by atoms with Crippen molar-refractivity contribution >= 4 is 17.6 Å². The van der Waals surface area contributed by atoms with E-state index >= 15 is 0 Å². The monoisotopic (exact) mass is 248 g/mol. The van der Waals surface area contributed by atoms with Crippen molar-refractivity contribution in [3.05, 3.63) is 30.3 Å². The maximum atomic E-state index is 11.9. The zero-order valence-corrected chi connectivity index (χ0v) is 10.4. The van der Waals surface area contributed by atoms with Crippen LogP contribution >= 0.6 is 0 Å². The summed E-state index contributed by atoms with van der Waals surface area (Å²) in [5, 5.41) is 2.81. The van der Waals surface area contributed by atoms with Gasteiger partial charge in [0.05, 0.1) is 7.11 Å². The fourth-order valence-corrected chi connectivity index (χ4v) is 1.87. The largest absolute Gasteiger partial charge is 0.468 e. The molecule has 1 unspecified atom stereocenters. The summed E-state index contributed by atoms with van der Waals surface area (Å²) in [6.45, 7) is 2.33. The van der Waals surface area contributed by atoms with Crippen LogP contribution in [0, 0.1) is 0 Å². The van der Waals surface area contributed by atoms with Gasteiger partial charge in [0, 0.05) is 12.2 Å². The quantitative estimate of drug-likeness (QED) is 0.634. The number of rotatable bonds is 4. The predicted octanol–water partition coefficient (Wildman–Crippen LogP) is 0.871. The number of para-hydroxylation sites is 1. The number of carbonyl (C=O) groups excluding carboxylic acids is 2. The Bertz CT molecular complexity index is 447. The average Bonchev–Trinajstić information content (AvgIpc) is 3.18. The number of nitrogens with zero attached hydrogens (tertiary/aromatic N) is 1. The van der Waals surface area contributed by atoms with Gasteiger partial charge < -0.3 is 10.1 Å². The molecule has 1 aromatic carbocycles. The van der Waals surface area contributed by atoms with Gasteiger partial charge in [-0.05, 0) is 19.1 Å². The normalized spacial score (nSPS) is 23.0. The molecule has 1 saturated heterocycles. The smallest absolute Gasteiger partial charge is 0.322 e. The standard InChI is InChI=1S/C13H16N2O3/c1-9(13(17)18-2)15-8-11(15)12(16)14-10-6-4-3-5-7-10/h3-7,9,11H,8H2,1-2H3,(H,14,16)/t9-,11+,15?/m0/s1. The van der Waals surface area contributed by atoms with E-state index in [1.54, 1.807) is 11.8 Å². The maximum absolute atomic E-state index is 11.9. The lowest BCUT2D eigenvalue weighted by Crippen LogP contribution is -2.31. The van der Waals surface area contributed by atoms with Crippen molar-refractivity contribution in [3.8, 4) is 0 Å². The van der Waals surface area contributed by atoms with Crippen molar-refractivity contribution in [2.45, 2.75) is 19.0 Å². The first-order valence-corrected chi connectivity index (χ1v) is 5.83. The van der Waals surface area contributed by atoms with Gasteiger partial charge in [-0.15, -0.1) is 0 Å². The zero-order chi connectivity index (χ0) is 13.1. The summed E-state index contributed by atoms with van der Waals surface area (Å²) in [4.78, 5) is 25.0. The van der Waals surface area contributed by atoms with Crippen LogP contribution in [0.4, 0.5) is 5.69 Å². The molecule has 0 saturated carbocycles. The Morgan fingerprint density at radius 3 is 2.67 bits per heavy atom. The number of amides is 1. The van der Waals surface area contributed by atoms with Gasteiger partial charge in [0.15, 0.2) is 0 Å². The summed E-state index contributed by atoms with van der Waals surface area (Å²) in [7, 11) is 1.35. The van der Waals surface area contributed by atoms with E-state index in [0.29, 0.717) is 6.54 Å². The van der Waals surface area contributed by atoms with Crippen molar-refractivity contribution < 1.29 is 14.3 Å². The van der Waals surface area contributed by atoms with Gasteiger partial charge in [0.25, 0.3) is 0 Å². The zero-order valence-electron chi connectivity index (χ0n) is 10.4. The van der Waals surface area contributed by atoms with Crippen LogP contribution in [-0.2, 0) is 14.3 Å². The highest BCUT2D eigenvalue weighted by atomic mass is 16.5. The fourth-order valence-electron chi connectivity index (χ4n) is 1.87. The molecule has 1 aromatic rings. The second-order valence-corrected chi connectivity index (χ2v) is 4.27. The lowest BCUT2D eigenvalue weighted by atomic mass is 10.3.